The van der Waals surface area contributed by atoms with E-state index in [9.17, 15) is 14.9 Å². The van der Waals surface area contributed by atoms with Crippen molar-refractivity contribution in [1.29, 1.82) is 5.26 Å². The van der Waals surface area contributed by atoms with Gasteiger partial charge in [-0.3, -0.25) is 9.59 Å². The molecule has 0 aliphatic heterocycles. The van der Waals surface area contributed by atoms with Crippen molar-refractivity contribution in [2.45, 2.75) is 65.2 Å². The molecule has 0 heterocycles. The number of unbranched alkanes of at least 4 members (excludes halogenated alkanes) is 1. The van der Waals surface area contributed by atoms with E-state index in [1.807, 2.05) is 13.0 Å². The zero-order valence-electron chi connectivity index (χ0n) is 18.9. The van der Waals surface area contributed by atoms with Crippen LogP contribution in [-0.2, 0) is 9.59 Å². The van der Waals surface area contributed by atoms with Gasteiger partial charge in [-0.15, -0.1) is 0 Å². The SMILES string of the molecule is CCCCC1CCC(C(=O)Oc2ccc(/C=C(\C#N)C(=O)NCCC)cc2OC)CC1. The number of methoxy groups -OCH3 is 1. The van der Waals surface area contributed by atoms with Gasteiger partial charge in [0, 0.05) is 6.54 Å². The van der Waals surface area contributed by atoms with Crippen molar-refractivity contribution in [2.75, 3.05) is 13.7 Å². The summed E-state index contributed by atoms with van der Waals surface area (Å²) in [5.41, 5.74) is 0.636. The standard InChI is InChI=1S/C25H34N2O4/c1-4-6-7-18-8-11-20(12-9-18)25(29)31-22-13-10-19(16-23(22)30-3)15-21(17-26)24(28)27-14-5-2/h10,13,15-16,18,20H,4-9,11-12,14H2,1-3H3,(H,27,28)/b21-15+. The van der Waals surface area contributed by atoms with Crippen molar-refractivity contribution < 1.29 is 19.1 Å². The molecule has 0 atom stereocenters. The summed E-state index contributed by atoms with van der Waals surface area (Å²) in [6.07, 6.45) is 9.91. The molecule has 0 radical (unpaired) electrons. The lowest BCUT2D eigenvalue weighted by Crippen LogP contribution is -2.25. The Morgan fingerprint density at radius 3 is 2.52 bits per heavy atom. The quantitative estimate of drug-likeness (QED) is 0.245. The van der Waals surface area contributed by atoms with E-state index < -0.39 is 5.91 Å². The number of nitriles is 1. The summed E-state index contributed by atoms with van der Waals surface area (Å²) in [5.74, 6) is 0.778. The number of carbonyl (C=O) groups is 2. The molecule has 1 aromatic rings. The first-order chi connectivity index (χ1) is 15.0. The molecular weight excluding hydrogens is 392 g/mol. The normalized spacial score (nSPS) is 18.7. The van der Waals surface area contributed by atoms with Gasteiger partial charge in [-0.25, -0.2) is 0 Å². The minimum Gasteiger partial charge on any atom is -0.493 e. The van der Waals surface area contributed by atoms with Crippen LogP contribution in [0.1, 0.15) is 70.8 Å². The zero-order chi connectivity index (χ0) is 22.6. The molecule has 168 valence electrons. The van der Waals surface area contributed by atoms with Crippen molar-refractivity contribution in [1.82, 2.24) is 5.32 Å². The summed E-state index contributed by atoms with van der Waals surface area (Å²) >= 11 is 0. The zero-order valence-corrected chi connectivity index (χ0v) is 18.9. The molecule has 6 heteroatoms. The molecule has 6 nitrogen and oxygen atoms in total. The molecule has 1 aliphatic carbocycles. The second-order valence-corrected chi connectivity index (χ2v) is 8.12. The maximum atomic E-state index is 12.7. The molecule has 1 aliphatic rings. The highest BCUT2D eigenvalue weighted by Gasteiger charge is 2.28. The Morgan fingerprint density at radius 2 is 1.90 bits per heavy atom. The highest BCUT2D eigenvalue weighted by molar-refractivity contribution is 6.01. The third-order valence-corrected chi connectivity index (χ3v) is 5.76. The molecule has 1 fully saturated rings. The average Bonchev–Trinajstić information content (AvgIpc) is 2.80. The Balaban J connectivity index is 2.03. The van der Waals surface area contributed by atoms with Gasteiger partial charge < -0.3 is 14.8 Å². The van der Waals surface area contributed by atoms with Gasteiger partial charge in [0.15, 0.2) is 11.5 Å². The number of carbonyl (C=O) groups excluding carboxylic acids is 2. The molecule has 1 N–H and O–H groups in total. The fraction of sp³-hybridized carbons (Fsp3) is 0.560. The monoisotopic (exact) mass is 426 g/mol. The predicted molar refractivity (Wildman–Crippen MR) is 120 cm³/mol. The van der Waals surface area contributed by atoms with E-state index in [4.69, 9.17) is 9.47 Å². The van der Waals surface area contributed by atoms with Crippen LogP contribution < -0.4 is 14.8 Å². The van der Waals surface area contributed by atoms with Gasteiger partial charge in [0.1, 0.15) is 11.6 Å². The molecule has 1 amide bonds. The van der Waals surface area contributed by atoms with Crippen LogP contribution in [0.3, 0.4) is 0 Å². The molecule has 31 heavy (non-hydrogen) atoms. The fourth-order valence-corrected chi connectivity index (χ4v) is 3.88. The second kappa shape index (κ2) is 12.8. The average molecular weight is 427 g/mol. The molecule has 0 bridgehead atoms. The van der Waals surface area contributed by atoms with E-state index in [-0.39, 0.29) is 17.5 Å². The van der Waals surface area contributed by atoms with Gasteiger partial charge in [-0.2, -0.15) is 5.26 Å². The first-order valence-corrected chi connectivity index (χ1v) is 11.3. The second-order valence-electron chi connectivity index (χ2n) is 8.12. The minimum atomic E-state index is -0.409. The van der Waals surface area contributed by atoms with Gasteiger partial charge in [0.25, 0.3) is 5.91 Å². The van der Waals surface area contributed by atoms with E-state index in [2.05, 4.69) is 12.2 Å². The van der Waals surface area contributed by atoms with Crippen molar-refractivity contribution in [3.8, 4) is 17.6 Å². The van der Waals surface area contributed by atoms with E-state index in [1.165, 1.54) is 32.4 Å². The third-order valence-electron chi connectivity index (χ3n) is 5.76. The molecule has 1 saturated carbocycles. The van der Waals surface area contributed by atoms with E-state index >= 15 is 0 Å². The topological polar surface area (TPSA) is 88.4 Å². The highest BCUT2D eigenvalue weighted by atomic mass is 16.6. The minimum absolute atomic E-state index is 0.0140. The summed E-state index contributed by atoms with van der Waals surface area (Å²) in [4.78, 5) is 24.7. The van der Waals surface area contributed by atoms with Crippen LogP contribution >= 0.6 is 0 Å². The van der Waals surface area contributed by atoms with Crippen molar-refractivity contribution >= 4 is 18.0 Å². The Labute approximate surface area is 185 Å². The number of benzene rings is 1. The number of nitrogens with one attached hydrogen (secondary N) is 1. The largest absolute Gasteiger partial charge is 0.493 e. The molecule has 0 saturated heterocycles. The summed E-state index contributed by atoms with van der Waals surface area (Å²) in [6, 6.07) is 6.94. The van der Waals surface area contributed by atoms with Crippen molar-refractivity contribution in [2.24, 2.45) is 11.8 Å². The van der Waals surface area contributed by atoms with E-state index in [0.717, 1.165) is 38.0 Å². The van der Waals surface area contributed by atoms with Gasteiger partial charge in [0.05, 0.1) is 13.0 Å². The van der Waals surface area contributed by atoms with Crippen molar-refractivity contribution in [3.05, 3.63) is 29.3 Å². The highest BCUT2D eigenvalue weighted by Crippen LogP contribution is 2.35. The number of hydrogen-bond acceptors (Lipinski definition) is 5. The Bertz CT molecular complexity index is 817. The number of hydrogen-bond donors (Lipinski definition) is 1. The Hall–Kier alpha value is -2.81. The maximum Gasteiger partial charge on any atom is 0.314 e. The molecule has 0 unspecified atom stereocenters. The summed E-state index contributed by atoms with van der Waals surface area (Å²) in [7, 11) is 1.50. The smallest absolute Gasteiger partial charge is 0.314 e. The molecule has 2 rings (SSSR count). The van der Waals surface area contributed by atoms with Gasteiger partial charge >= 0.3 is 5.97 Å². The first-order valence-electron chi connectivity index (χ1n) is 11.3. The fourth-order valence-electron chi connectivity index (χ4n) is 3.88. The molecule has 1 aromatic carbocycles. The van der Waals surface area contributed by atoms with Crippen LogP contribution in [0.25, 0.3) is 6.08 Å². The molecular formula is C25H34N2O4. The van der Waals surface area contributed by atoms with Crippen LogP contribution in [0, 0.1) is 23.2 Å². The van der Waals surface area contributed by atoms with Gasteiger partial charge in [-0.1, -0.05) is 39.2 Å². The number of rotatable bonds is 10. The van der Waals surface area contributed by atoms with Gasteiger partial charge in [-0.05, 0) is 61.8 Å². The summed E-state index contributed by atoms with van der Waals surface area (Å²) in [5, 5.41) is 12.0. The lowest BCUT2D eigenvalue weighted by molar-refractivity contribution is -0.140. The molecule has 0 aromatic heterocycles. The Kier molecular flexibility index (Phi) is 10.1. The van der Waals surface area contributed by atoms with Crippen LogP contribution in [0.5, 0.6) is 11.5 Å². The number of esters is 1. The van der Waals surface area contributed by atoms with Crippen LogP contribution in [0.2, 0.25) is 0 Å². The van der Waals surface area contributed by atoms with Gasteiger partial charge in [0.2, 0.25) is 0 Å². The number of ether oxygens (including phenoxy) is 2. The summed E-state index contributed by atoms with van der Waals surface area (Å²) < 4.78 is 11.0. The maximum absolute atomic E-state index is 12.7. The predicted octanol–water partition coefficient (Wildman–Crippen LogP) is 5.03. The van der Waals surface area contributed by atoms with Crippen LogP contribution in [-0.4, -0.2) is 25.5 Å². The molecule has 0 spiro atoms. The third kappa shape index (κ3) is 7.43. The van der Waals surface area contributed by atoms with E-state index in [0.29, 0.717) is 23.6 Å². The Morgan fingerprint density at radius 1 is 1.16 bits per heavy atom. The summed E-state index contributed by atoms with van der Waals surface area (Å²) in [6.45, 7) is 4.66. The lowest BCUT2D eigenvalue weighted by Gasteiger charge is -2.27. The van der Waals surface area contributed by atoms with Crippen LogP contribution in [0.15, 0.2) is 23.8 Å². The lowest BCUT2D eigenvalue weighted by atomic mass is 9.80. The first kappa shape index (κ1) is 24.5. The van der Waals surface area contributed by atoms with E-state index in [1.54, 1.807) is 18.2 Å². The van der Waals surface area contributed by atoms with Crippen LogP contribution in [0.4, 0.5) is 0 Å². The number of amides is 1. The number of nitrogens with zero attached hydrogens (tertiary/aromatic N) is 1. The van der Waals surface area contributed by atoms with Crippen molar-refractivity contribution in [3.63, 3.8) is 0 Å².